The van der Waals surface area contributed by atoms with Crippen molar-refractivity contribution in [2.24, 2.45) is 0 Å². The lowest BCUT2D eigenvalue weighted by Crippen LogP contribution is -2.11. The van der Waals surface area contributed by atoms with Gasteiger partial charge in [-0.05, 0) is 33.2 Å². The molecule has 0 fully saturated rings. The van der Waals surface area contributed by atoms with Crippen molar-refractivity contribution in [3.05, 3.63) is 29.8 Å². The Bertz CT molecular complexity index is 516. The van der Waals surface area contributed by atoms with E-state index in [0.717, 1.165) is 11.1 Å². The molecule has 4 heteroatoms. The summed E-state index contributed by atoms with van der Waals surface area (Å²) in [4.78, 5) is 0. The molecule has 86 valence electrons. The zero-order valence-corrected chi connectivity index (χ0v) is 11.9. The summed E-state index contributed by atoms with van der Waals surface area (Å²) in [6, 6.07) is 8.45. The monoisotopic (exact) mass is 272 g/mol. The van der Waals surface area contributed by atoms with Crippen LogP contribution in [-0.4, -0.2) is 4.56 Å². The molecular formula is C12H14OS3. The second-order valence-corrected chi connectivity index (χ2v) is 7.59. The third-order valence-corrected chi connectivity index (χ3v) is 5.33. The van der Waals surface area contributed by atoms with Gasteiger partial charge in [0.1, 0.15) is 0 Å². The van der Waals surface area contributed by atoms with Crippen LogP contribution >= 0.6 is 33.2 Å². The minimum absolute atomic E-state index is 0.102. The molecule has 0 unspecified atom stereocenters. The number of hydrogen-bond donors (Lipinski definition) is 1. The zero-order chi connectivity index (χ0) is 12.5. The lowest BCUT2D eigenvalue weighted by Gasteiger charge is -2.19. The second kappa shape index (κ2) is 4.61. The van der Waals surface area contributed by atoms with Gasteiger partial charge in [0.15, 0.2) is 0 Å². The zero-order valence-electron chi connectivity index (χ0n) is 10.4. The summed E-state index contributed by atoms with van der Waals surface area (Å²) in [5.41, 5.74) is 1.46. The van der Waals surface area contributed by atoms with Crippen LogP contribution in [0.2, 0.25) is 0 Å². The molecule has 0 saturated carbocycles. The highest BCUT2D eigenvalue weighted by Crippen LogP contribution is 2.46. The summed E-state index contributed by atoms with van der Waals surface area (Å²) in [5, 5.41) is 1.32. The quantitative estimate of drug-likeness (QED) is 0.595. The molecule has 16 heavy (non-hydrogen) atoms. The molecule has 0 aliphatic heterocycles. The number of hydrogen-bond acceptors (Lipinski definition) is 4. The average Bonchev–Trinajstić information content (AvgIpc) is 2.63. The Kier molecular flexibility index (Phi) is 3.16. The van der Waals surface area contributed by atoms with Crippen molar-refractivity contribution in [2.75, 3.05) is 0 Å². The van der Waals surface area contributed by atoms with E-state index in [1.165, 1.54) is 30.7 Å². The largest absolute Gasteiger partial charge is 0.320 e. The molecule has 0 spiro atoms. The van der Waals surface area contributed by atoms with Gasteiger partial charge in [0.25, 0.3) is 0 Å². The summed E-state index contributed by atoms with van der Waals surface area (Å²) in [5.74, 6) is 0. The van der Waals surface area contributed by atoms with E-state index in [1.807, 2.05) is 0 Å². The Balaban J connectivity index is 2.57. The van der Waals surface area contributed by atoms with Crippen LogP contribution in [0.1, 0.15) is 26.3 Å². The molecule has 1 aromatic carbocycles. The third-order valence-electron chi connectivity index (χ3n) is 2.42. The fraction of sp³-hybridized carbons (Fsp3) is 0.333. The van der Waals surface area contributed by atoms with Gasteiger partial charge in [-0.2, -0.15) is 0 Å². The highest BCUT2D eigenvalue weighted by molar-refractivity contribution is 8.74. The van der Waals surface area contributed by atoms with Crippen molar-refractivity contribution in [3.63, 3.8) is 0 Å². The maximum Gasteiger partial charge on any atom is 0.229 e. The number of rotatable bonds is 3. The van der Waals surface area contributed by atoms with Crippen LogP contribution in [0.25, 0.3) is 11.5 Å². The second-order valence-electron chi connectivity index (χ2n) is 4.66. The predicted molar refractivity (Wildman–Crippen MR) is 76.6 cm³/mol. The van der Waals surface area contributed by atoms with Gasteiger partial charge in [-0.3, -0.25) is 0 Å². The van der Waals surface area contributed by atoms with Crippen LogP contribution in [0.15, 0.2) is 28.5 Å². The Labute approximate surface area is 109 Å². The molecular weight excluding hydrogens is 256 g/mol. The van der Waals surface area contributed by atoms with Crippen molar-refractivity contribution in [1.82, 2.24) is 0 Å². The maximum atomic E-state index is 6.76. The summed E-state index contributed by atoms with van der Waals surface area (Å²) in [6.45, 7) is 6.66. The van der Waals surface area contributed by atoms with Crippen molar-refractivity contribution in [1.29, 1.82) is 1.43 Å². The summed E-state index contributed by atoms with van der Waals surface area (Å²) >= 11 is 2.87. The predicted octanol–water partition coefficient (Wildman–Crippen LogP) is 5.41. The first-order valence-corrected chi connectivity index (χ1v) is 7.91. The normalized spacial score (nSPS) is 13.1. The Morgan fingerprint density at radius 2 is 2.06 bits per heavy atom. The first-order valence-electron chi connectivity index (χ1n) is 5.43. The molecule has 2 aromatic rings. The van der Waals surface area contributed by atoms with Gasteiger partial charge in [-0.15, -0.1) is 11.3 Å². The fourth-order valence-corrected chi connectivity index (χ4v) is 4.93. The van der Waals surface area contributed by atoms with E-state index in [1.54, 1.807) is 11.3 Å². The molecule has 0 bridgehead atoms. The van der Waals surface area contributed by atoms with E-state index in [0.29, 0.717) is 0 Å². The number of thiophene rings is 1. The Hall–Kier alpha value is -0.160. The molecule has 0 aliphatic carbocycles. The molecule has 0 aliphatic rings. The van der Waals surface area contributed by atoms with Gasteiger partial charge >= 0.3 is 0 Å². The molecule has 1 heterocycles. The van der Waals surface area contributed by atoms with E-state index in [4.69, 9.17) is 1.43 Å². The number of fused-ring (bicyclic) bond motifs is 1. The number of benzene rings is 1. The van der Waals surface area contributed by atoms with Crippen LogP contribution in [0.4, 0.5) is 0 Å². The minimum atomic E-state index is 0.102. The molecule has 0 amide bonds. The van der Waals surface area contributed by atoms with Gasteiger partial charge in [0, 0.05) is 4.70 Å². The molecule has 1 nitrogen and oxygen atoms in total. The summed E-state index contributed by atoms with van der Waals surface area (Å²) < 4.78 is 13.6. The van der Waals surface area contributed by atoms with Crippen molar-refractivity contribution in [3.8, 4) is 0 Å². The van der Waals surface area contributed by atoms with Gasteiger partial charge in [-0.25, -0.2) is 0 Å². The van der Waals surface area contributed by atoms with E-state index >= 15 is 0 Å². The van der Waals surface area contributed by atoms with E-state index in [2.05, 4.69) is 49.6 Å². The van der Waals surface area contributed by atoms with E-state index < -0.39 is 0 Å². The summed E-state index contributed by atoms with van der Waals surface area (Å²) in [7, 11) is 1.53. The fourth-order valence-electron chi connectivity index (χ4n) is 1.82. The van der Waals surface area contributed by atoms with Crippen molar-refractivity contribution < 1.29 is 4.56 Å². The van der Waals surface area contributed by atoms with Crippen molar-refractivity contribution in [2.45, 2.75) is 30.4 Å². The first kappa shape index (κ1) is 11.0. The molecule has 1 N–H and O–H groups in total. The van der Waals surface area contributed by atoms with Gasteiger partial charge in [0.2, 0.25) is 1.43 Å². The smallest absolute Gasteiger partial charge is 0.229 e. The maximum absolute atomic E-state index is 6.76. The lowest BCUT2D eigenvalue weighted by atomic mass is 9.87. The third kappa shape index (κ3) is 2.25. The molecule has 2 rings (SSSR count). The van der Waals surface area contributed by atoms with Gasteiger partial charge < -0.3 is 4.56 Å². The van der Waals surface area contributed by atoms with Crippen molar-refractivity contribution >= 4 is 43.3 Å². The topological polar surface area (TPSA) is 20.2 Å². The Morgan fingerprint density at radius 1 is 1.31 bits per heavy atom. The van der Waals surface area contributed by atoms with Gasteiger partial charge in [0.05, 0.1) is 15.3 Å². The van der Waals surface area contributed by atoms with E-state index in [-0.39, 0.29) is 5.41 Å². The average molecular weight is 272 g/mol. The Morgan fingerprint density at radius 3 is 2.75 bits per heavy atom. The summed E-state index contributed by atoms with van der Waals surface area (Å²) in [6.07, 6.45) is 0. The van der Waals surface area contributed by atoms with Crippen LogP contribution in [0.5, 0.6) is 0 Å². The molecule has 0 atom stereocenters. The lowest BCUT2D eigenvalue weighted by molar-refractivity contribution is 0.588. The SMILES string of the molecule is [3H]OSSc1sc2ccccc2c1C(C)(C)C. The molecule has 0 saturated heterocycles. The van der Waals surface area contributed by atoms with Gasteiger partial charge in [-0.1, -0.05) is 39.0 Å². The van der Waals surface area contributed by atoms with E-state index in [9.17, 15) is 0 Å². The molecule has 0 radical (unpaired) electrons. The van der Waals surface area contributed by atoms with Crippen LogP contribution in [-0.2, 0) is 5.41 Å². The van der Waals surface area contributed by atoms with Crippen LogP contribution < -0.4 is 0 Å². The highest BCUT2D eigenvalue weighted by atomic mass is 33.1. The standard InChI is InChI=1S/C12H14OS3/c1-12(2,3)10-8-6-4-5-7-9(8)14-11(10)15-16-13/h4-7,13H,1-3H3/i/hT. The highest BCUT2D eigenvalue weighted by Gasteiger charge is 2.23. The first-order chi connectivity index (χ1) is 8.04. The minimum Gasteiger partial charge on any atom is -0.320 e. The van der Waals surface area contributed by atoms with Crippen LogP contribution in [0, 0.1) is 0 Å². The van der Waals surface area contributed by atoms with Crippen LogP contribution in [0.3, 0.4) is 0 Å². The molecule has 1 aromatic heterocycles.